The maximum Gasteiger partial charge on any atom is 0.346 e. The fraction of sp³-hybridized carbons (Fsp3) is 0.400. The predicted molar refractivity (Wildman–Crippen MR) is 84.5 cm³/mol. The van der Waals surface area contributed by atoms with Gasteiger partial charge >= 0.3 is 5.69 Å². The molecule has 0 radical (unpaired) electrons. The number of aromatic nitrogens is 7. The van der Waals surface area contributed by atoms with E-state index in [0.717, 1.165) is 5.69 Å². The molecule has 0 saturated heterocycles. The summed E-state index contributed by atoms with van der Waals surface area (Å²) in [5.41, 5.74) is 0.303. The zero-order chi connectivity index (χ0) is 16.6. The van der Waals surface area contributed by atoms with Gasteiger partial charge in [-0.1, -0.05) is 18.2 Å². The van der Waals surface area contributed by atoms with Gasteiger partial charge in [0, 0.05) is 0 Å². The fourth-order valence-electron chi connectivity index (χ4n) is 2.33. The quantitative estimate of drug-likeness (QED) is 0.724. The van der Waals surface area contributed by atoms with Gasteiger partial charge in [0.05, 0.1) is 17.8 Å². The van der Waals surface area contributed by atoms with Gasteiger partial charge in [0.1, 0.15) is 5.82 Å². The summed E-state index contributed by atoms with van der Waals surface area (Å²) < 4.78 is 4.69. The molecule has 2 aromatic heterocycles. The highest BCUT2D eigenvalue weighted by molar-refractivity contribution is 5.30. The molecular weight excluding hydrogens is 294 g/mol. The molecule has 3 aromatic rings. The summed E-state index contributed by atoms with van der Waals surface area (Å²) in [6.07, 6.45) is 0. The van der Waals surface area contributed by atoms with Gasteiger partial charge in [-0.05, 0) is 50.3 Å². The molecule has 0 N–H and O–H groups in total. The van der Waals surface area contributed by atoms with Gasteiger partial charge in [-0.15, -0.1) is 5.10 Å². The van der Waals surface area contributed by atoms with E-state index in [2.05, 4.69) is 20.6 Å². The van der Waals surface area contributed by atoms with Crippen LogP contribution in [-0.4, -0.2) is 34.6 Å². The Balaban J connectivity index is 2.01. The fourth-order valence-corrected chi connectivity index (χ4v) is 2.33. The summed E-state index contributed by atoms with van der Waals surface area (Å²) in [5, 5.41) is 16.1. The topological polar surface area (TPSA) is 83.4 Å². The Morgan fingerprint density at radius 3 is 2.43 bits per heavy atom. The summed E-state index contributed by atoms with van der Waals surface area (Å²) >= 11 is 0. The van der Waals surface area contributed by atoms with Crippen LogP contribution in [0.4, 0.5) is 0 Å². The molecule has 8 heteroatoms. The largest absolute Gasteiger partial charge is 0.346 e. The molecule has 0 spiro atoms. The Morgan fingerprint density at radius 1 is 1.13 bits per heavy atom. The van der Waals surface area contributed by atoms with Crippen LogP contribution in [0.3, 0.4) is 0 Å². The molecule has 23 heavy (non-hydrogen) atoms. The van der Waals surface area contributed by atoms with E-state index in [1.807, 2.05) is 51.1 Å². The van der Waals surface area contributed by atoms with Gasteiger partial charge in [-0.2, -0.15) is 9.78 Å². The van der Waals surface area contributed by atoms with Crippen molar-refractivity contribution in [2.75, 3.05) is 0 Å². The average molecular weight is 313 g/mol. The molecule has 0 saturated carbocycles. The molecule has 8 nitrogen and oxygen atoms in total. The standard InChI is InChI=1S/C15H19N7O/c1-11-17-22(15(2,3)4)14(23)20(11)10-13-16-18-19-21(13)12-8-6-5-7-9-12/h5-9H,10H2,1-4H3. The number of hydrogen-bond donors (Lipinski definition) is 0. The third-order valence-electron chi connectivity index (χ3n) is 3.52. The summed E-state index contributed by atoms with van der Waals surface area (Å²) in [6, 6.07) is 9.57. The summed E-state index contributed by atoms with van der Waals surface area (Å²) in [7, 11) is 0. The number of aryl methyl sites for hydroxylation is 1. The molecular formula is C15H19N7O. The van der Waals surface area contributed by atoms with Crippen molar-refractivity contribution in [3.05, 3.63) is 52.5 Å². The first-order chi connectivity index (χ1) is 10.9. The Labute approximate surface area is 133 Å². The maximum absolute atomic E-state index is 12.6. The Kier molecular flexibility index (Phi) is 3.59. The second-order valence-electron chi connectivity index (χ2n) is 6.34. The minimum Gasteiger partial charge on any atom is -0.271 e. The number of tetrazole rings is 1. The number of nitrogens with zero attached hydrogens (tertiary/aromatic N) is 7. The first kappa shape index (κ1) is 15.1. The second kappa shape index (κ2) is 5.45. The number of para-hydroxylation sites is 1. The van der Waals surface area contributed by atoms with Crippen molar-refractivity contribution in [1.29, 1.82) is 0 Å². The lowest BCUT2D eigenvalue weighted by molar-refractivity contribution is 0.340. The Morgan fingerprint density at radius 2 is 1.83 bits per heavy atom. The van der Waals surface area contributed by atoms with E-state index in [1.165, 1.54) is 4.68 Å². The third-order valence-corrected chi connectivity index (χ3v) is 3.52. The molecule has 0 aliphatic carbocycles. The van der Waals surface area contributed by atoms with Gasteiger partial charge in [0.15, 0.2) is 5.82 Å². The van der Waals surface area contributed by atoms with Crippen molar-refractivity contribution < 1.29 is 0 Å². The van der Waals surface area contributed by atoms with E-state index in [1.54, 1.807) is 16.2 Å². The lowest BCUT2D eigenvalue weighted by atomic mass is 10.1. The molecule has 1 aromatic carbocycles. The van der Waals surface area contributed by atoms with Crippen molar-refractivity contribution >= 4 is 0 Å². The van der Waals surface area contributed by atoms with Crippen LogP contribution in [0.15, 0.2) is 35.1 Å². The molecule has 0 fully saturated rings. The van der Waals surface area contributed by atoms with Crippen molar-refractivity contribution in [3.63, 3.8) is 0 Å². The zero-order valence-electron chi connectivity index (χ0n) is 13.6. The number of rotatable bonds is 3. The van der Waals surface area contributed by atoms with Gasteiger partial charge in [-0.25, -0.2) is 9.48 Å². The van der Waals surface area contributed by atoms with Crippen LogP contribution >= 0.6 is 0 Å². The van der Waals surface area contributed by atoms with Crippen LogP contribution in [0.2, 0.25) is 0 Å². The van der Waals surface area contributed by atoms with E-state index in [9.17, 15) is 4.79 Å². The smallest absolute Gasteiger partial charge is 0.271 e. The van der Waals surface area contributed by atoms with Gasteiger partial charge in [0.2, 0.25) is 0 Å². The highest BCUT2D eigenvalue weighted by Crippen LogP contribution is 2.11. The minimum atomic E-state index is -0.377. The number of hydrogen-bond acceptors (Lipinski definition) is 5. The van der Waals surface area contributed by atoms with E-state index < -0.39 is 0 Å². The van der Waals surface area contributed by atoms with E-state index >= 15 is 0 Å². The molecule has 0 atom stereocenters. The Hall–Kier alpha value is -2.77. The second-order valence-corrected chi connectivity index (χ2v) is 6.34. The molecule has 3 rings (SSSR count). The molecule has 0 unspecified atom stereocenters. The average Bonchev–Trinajstić information content (AvgIpc) is 3.07. The van der Waals surface area contributed by atoms with Crippen LogP contribution in [0, 0.1) is 6.92 Å². The highest BCUT2D eigenvalue weighted by atomic mass is 16.2. The monoisotopic (exact) mass is 313 g/mol. The van der Waals surface area contributed by atoms with Crippen molar-refractivity contribution in [2.45, 2.75) is 39.8 Å². The predicted octanol–water partition coefficient (Wildman–Crippen LogP) is 1.13. The first-order valence-electron chi connectivity index (χ1n) is 7.37. The SMILES string of the molecule is Cc1nn(C(C)(C)C)c(=O)n1Cc1nnnn1-c1ccccc1. The van der Waals surface area contributed by atoms with E-state index in [0.29, 0.717) is 11.6 Å². The van der Waals surface area contributed by atoms with Crippen LogP contribution in [0.5, 0.6) is 0 Å². The van der Waals surface area contributed by atoms with Gasteiger partial charge in [0.25, 0.3) is 0 Å². The molecule has 0 aliphatic rings. The molecule has 0 aliphatic heterocycles. The van der Waals surface area contributed by atoms with Crippen LogP contribution < -0.4 is 5.69 Å². The third kappa shape index (κ3) is 2.79. The molecule has 0 bridgehead atoms. The van der Waals surface area contributed by atoms with Crippen molar-refractivity contribution in [1.82, 2.24) is 34.6 Å². The van der Waals surface area contributed by atoms with Gasteiger partial charge < -0.3 is 0 Å². The summed E-state index contributed by atoms with van der Waals surface area (Å²) in [6.45, 7) is 7.90. The normalized spacial score (nSPS) is 11.8. The molecule has 0 amide bonds. The molecule has 2 heterocycles. The van der Waals surface area contributed by atoms with Crippen molar-refractivity contribution in [2.24, 2.45) is 0 Å². The van der Waals surface area contributed by atoms with Crippen molar-refractivity contribution in [3.8, 4) is 5.69 Å². The Bertz CT molecular complexity index is 867. The van der Waals surface area contributed by atoms with Crippen LogP contribution in [0.1, 0.15) is 32.4 Å². The van der Waals surface area contributed by atoms with E-state index in [4.69, 9.17) is 0 Å². The van der Waals surface area contributed by atoms with Crippen LogP contribution in [0.25, 0.3) is 5.69 Å². The lowest BCUT2D eigenvalue weighted by Gasteiger charge is -2.16. The minimum absolute atomic E-state index is 0.169. The van der Waals surface area contributed by atoms with Crippen LogP contribution in [-0.2, 0) is 12.1 Å². The lowest BCUT2D eigenvalue weighted by Crippen LogP contribution is -2.36. The first-order valence-corrected chi connectivity index (χ1v) is 7.37. The maximum atomic E-state index is 12.6. The summed E-state index contributed by atoms with van der Waals surface area (Å²) in [5.74, 6) is 1.21. The molecule has 120 valence electrons. The highest BCUT2D eigenvalue weighted by Gasteiger charge is 2.22. The zero-order valence-corrected chi connectivity index (χ0v) is 13.6. The van der Waals surface area contributed by atoms with E-state index in [-0.39, 0.29) is 17.8 Å². The van der Waals surface area contributed by atoms with Gasteiger partial charge in [-0.3, -0.25) is 4.57 Å². The summed E-state index contributed by atoms with van der Waals surface area (Å²) in [4.78, 5) is 12.6. The number of benzene rings is 1.